The molecule has 0 aromatic heterocycles. The van der Waals surface area contributed by atoms with Gasteiger partial charge in [0.1, 0.15) is 0 Å². The van der Waals surface area contributed by atoms with Crippen molar-refractivity contribution in [2.24, 2.45) is 0 Å². The van der Waals surface area contributed by atoms with Crippen molar-refractivity contribution in [3.8, 4) is 23.7 Å². The number of anilines is 1. The van der Waals surface area contributed by atoms with Crippen molar-refractivity contribution in [2.75, 3.05) is 5.73 Å². The zero-order chi connectivity index (χ0) is 13.1. The molecule has 1 heteroatoms. The van der Waals surface area contributed by atoms with Crippen LogP contribution in [0.5, 0.6) is 0 Å². The SMILES string of the molecule is CCCCCC#C/C=C\C#Cc1ccccc1N. The van der Waals surface area contributed by atoms with E-state index in [1.54, 1.807) is 12.2 Å². The van der Waals surface area contributed by atoms with Crippen molar-refractivity contribution in [3.63, 3.8) is 0 Å². The number of unbranched alkanes of at least 4 members (excludes halogenated alkanes) is 3. The average molecular weight is 237 g/mol. The van der Waals surface area contributed by atoms with Crippen LogP contribution in [-0.2, 0) is 0 Å². The Kier molecular flexibility index (Phi) is 6.95. The summed E-state index contributed by atoms with van der Waals surface area (Å²) in [6.07, 6.45) is 8.20. The van der Waals surface area contributed by atoms with Gasteiger partial charge in [0, 0.05) is 17.7 Å². The van der Waals surface area contributed by atoms with E-state index in [2.05, 4.69) is 30.6 Å². The Morgan fingerprint density at radius 2 is 1.89 bits per heavy atom. The van der Waals surface area contributed by atoms with Gasteiger partial charge in [0.25, 0.3) is 0 Å². The van der Waals surface area contributed by atoms with Crippen LogP contribution in [0.4, 0.5) is 5.69 Å². The molecule has 0 fully saturated rings. The van der Waals surface area contributed by atoms with Gasteiger partial charge in [-0.15, -0.1) is 0 Å². The van der Waals surface area contributed by atoms with Gasteiger partial charge in [0.2, 0.25) is 0 Å². The number of hydrogen-bond donors (Lipinski definition) is 1. The van der Waals surface area contributed by atoms with Crippen LogP contribution in [0.3, 0.4) is 0 Å². The lowest BCUT2D eigenvalue weighted by Gasteiger charge is -1.93. The molecule has 1 aromatic carbocycles. The number of benzene rings is 1. The molecule has 0 heterocycles. The van der Waals surface area contributed by atoms with Crippen LogP contribution in [0.1, 0.15) is 38.2 Å². The van der Waals surface area contributed by atoms with Gasteiger partial charge < -0.3 is 5.73 Å². The minimum absolute atomic E-state index is 0.712. The van der Waals surface area contributed by atoms with Gasteiger partial charge in [0.05, 0.1) is 0 Å². The molecule has 0 amide bonds. The Morgan fingerprint density at radius 1 is 1.11 bits per heavy atom. The Morgan fingerprint density at radius 3 is 2.67 bits per heavy atom. The molecule has 1 nitrogen and oxygen atoms in total. The number of nitrogens with two attached hydrogens (primary N) is 1. The van der Waals surface area contributed by atoms with E-state index in [4.69, 9.17) is 5.73 Å². The Balaban J connectivity index is 2.39. The fraction of sp³-hybridized carbons (Fsp3) is 0.294. The molecule has 18 heavy (non-hydrogen) atoms. The highest BCUT2D eigenvalue weighted by molar-refractivity contribution is 5.56. The number of hydrogen-bond acceptors (Lipinski definition) is 1. The quantitative estimate of drug-likeness (QED) is 0.483. The second kappa shape index (κ2) is 8.97. The number of nitrogen functional groups attached to an aromatic ring is 1. The van der Waals surface area contributed by atoms with Crippen molar-refractivity contribution >= 4 is 5.69 Å². The molecule has 1 rings (SSSR count). The summed E-state index contributed by atoms with van der Waals surface area (Å²) in [6.45, 7) is 2.19. The molecule has 0 aliphatic carbocycles. The first kappa shape index (κ1) is 13.9. The van der Waals surface area contributed by atoms with Gasteiger partial charge in [-0.25, -0.2) is 0 Å². The summed E-state index contributed by atoms with van der Waals surface area (Å²) in [5, 5.41) is 0. The summed E-state index contributed by atoms with van der Waals surface area (Å²) in [5.74, 6) is 12.0. The fourth-order valence-electron chi connectivity index (χ4n) is 1.41. The van der Waals surface area contributed by atoms with Gasteiger partial charge in [0.15, 0.2) is 0 Å². The third-order valence-corrected chi connectivity index (χ3v) is 2.43. The van der Waals surface area contributed by atoms with E-state index in [0.717, 1.165) is 12.0 Å². The largest absolute Gasteiger partial charge is 0.398 e. The first-order chi connectivity index (χ1) is 8.84. The minimum atomic E-state index is 0.712. The van der Waals surface area contributed by atoms with E-state index in [1.807, 2.05) is 24.3 Å². The molecule has 0 saturated carbocycles. The average Bonchev–Trinajstić information content (AvgIpc) is 2.39. The third kappa shape index (κ3) is 5.83. The van der Waals surface area contributed by atoms with Crippen molar-refractivity contribution < 1.29 is 0 Å². The summed E-state index contributed by atoms with van der Waals surface area (Å²) in [7, 11) is 0. The topological polar surface area (TPSA) is 26.0 Å². The van der Waals surface area contributed by atoms with Crippen LogP contribution in [0.15, 0.2) is 36.4 Å². The highest BCUT2D eigenvalue weighted by Crippen LogP contribution is 2.07. The molecule has 0 bridgehead atoms. The molecular formula is C17H19N. The lowest BCUT2D eigenvalue weighted by Crippen LogP contribution is -1.87. The zero-order valence-electron chi connectivity index (χ0n) is 10.9. The van der Waals surface area contributed by atoms with Gasteiger partial charge in [-0.2, -0.15) is 0 Å². The zero-order valence-corrected chi connectivity index (χ0v) is 10.9. The minimum Gasteiger partial charge on any atom is -0.398 e. The van der Waals surface area contributed by atoms with E-state index in [-0.39, 0.29) is 0 Å². The normalized spacial score (nSPS) is 9.39. The number of para-hydroxylation sites is 1. The smallest absolute Gasteiger partial charge is 0.0478 e. The molecule has 92 valence electrons. The first-order valence-electron chi connectivity index (χ1n) is 6.34. The van der Waals surface area contributed by atoms with Crippen molar-refractivity contribution in [1.29, 1.82) is 0 Å². The van der Waals surface area contributed by atoms with Crippen LogP contribution in [0.2, 0.25) is 0 Å². The summed E-state index contributed by atoms with van der Waals surface area (Å²) < 4.78 is 0. The van der Waals surface area contributed by atoms with Crippen molar-refractivity contribution in [1.82, 2.24) is 0 Å². The fourth-order valence-corrected chi connectivity index (χ4v) is 1.41. The Bertz CT molecular complexity index is 504. The summed E-state index contributed by atoms with van der Waals surface area (Å²) >= 11 is 0. The molecule has 0 radical (unpaired) electrons. The number of rotatable bonds is 3. The molecular weight excluding hydrogens is 218 g/mol. The first-order valence-corrected chi connectivity index (χ1v) is 6.34. The Labute approximate surface area is 110 Å². The van der Waals surface area contributed by atoms with Crippen LogP contribution in [-0.4, -0.2) is 0 Å². The van der Waals surface area contributed by atoms with E-state index >= 15 is 0 Å². The van der Waals surface area contributed by atoms with Gasteiger partial charge in [-0.05, 0) is 30.7 Å². The standard InChI is InChI=1S/C17H19N/c1-2-3-4-5-6-7-8-9-10-13-16-14-11-12-15-17(16)18/h8-9,11-12,14-15H,2-5,18H2,1H3/b9-8-. The van der Waals surface area contributed by atoms with Gasteiger partial charge in [-0.3, -0.25) is 0 Å². The molecule has 0 spiro atoms. The maximum atomic E-state index is 5.77. The monoisotopic (exact) mass is 237 g/mol. The summed E-state index contributed by atoms with van der Waals surface area (Å²) in [6, 6.07) is 7.59. The second-order valence-corrected chi connectivity index (χ2v) is 3.97. The molecule has 1 aromatic rings. The molecule has 0 aliphatic rings. The third-order valence-electron chi connectivity index (χ3n) is 2.43. The van der Waals surface area contributed by atoms with E-state index in [9.17, 15) is 0 Å². The molecule has 0 saturated heterocycles. The highest BCUT2D eigenvalue weighted by Gasteiger charge is 1.89. The maximum absolute atomic E-state index is 5.77. The second-order valence-electron chi connectivity index (χ2n) is 3.97. The van der Waals surface area contributed by atoms with E-state index < -0.39 is 0 Å². The lowest BCUT2D eigenvalue weighted by atomic mass is 10.2. The predicted octanol–water partition coefficient (Wildman–Crippen LogP) is 3.76. The van der Waals surface area contributed by atoms with Gasteiger partial charge in [-0.1, -0.05) is 55.6 Å². The van der Waals surface area contributed by atoms with Crippen molar-refractivity contribution in [3.05, 3.63) is 42.0 Å². The summed E-state index contributed by atoms with van der Waals surface area (Å²) in [5.41, 5.74) is 7.35. The molecule has 0 atom stereocenters. The van der Waals surface area contributed by atoms with E-state index in [0.29, 0.717) is 5.69 Å². The van der Waals surface area contributed by atoms with E-state index in [1.165, 1.54) is 19.3 Å². The molecule has 0 aliphatic heterocycles. The maximum Gasteiger partial charge on any atom is 0.0478 e. The van der Waals surface area contributed by atoms with Gasteiger partial charge >= 0.3 is 0 Å². The van der Waals surface area contributed by atoms with Crippen molar-refractivity contribution in [2.45, 2.75) is 32.6 Å². The van der Waals surface area contributed by atoms with Crippen LogP contribution in [0, 0.1) is 23.7 Å². The lowest BCUT2D eigenvalue weighted by molar-refractivity contribution is 0.737. The Hall–Kier alpha value is -2.12. The van der Waals surface area contributed by atoms with Crippen LogP contribution in [0.25, 0.3) is 0 Å². The van der Waals surface area contributed by atoms with Crippen LogP contribution < -0.4 is 5.73 Å². The number of allylic oxidation sites excluding steroid dienone is 2. The summed E-state index contributed by atoms with van der Waals surface area (Å²) in [4.78, 5) is 0. The van der Waals surface area contributed by atoms with Crippen LogP contribution >= 0.6 is 0 Å². The molecule has 2 N–H and O–H groups in total. The highest BCUT2D eigenvalue weighted by atomic mass is 14.5. The molecule has 0 unspecified atom stereocenters. The predicted molar refractivity (Wildman–Crippen MR) is 78.8 cm³/mol.